The number of Topliss-reactive ketones (excluding diaryl/α,β-unsaturated/α-hetero) is 1. The first kappa shape index (κ1) is 25.2. The molecule has 0 radical (unpaired) electrons. The van der Waals surface area contributed by atoms with E-state index >= 15 is 0 Å². The zero-order valence-electron chi connectivity index (χ0n) is 21.6. The topological polar surface area (TPSA) is 66.8 Å². The monoisotopic (exact) mass is 461 g/mol. The molecule has 0 spiro atoms. The molecule has 188 valence electrons. The van der Waals surface area contributed by atoms with Gasteiger partial charge >= 0.3 is 5.97 Å². The first-order chi connectivity index (χ1) is 15.6. The molecule has 4 fully saturated rings. The fourth-order valence-corrected chi connectivity index (χ4v) is 9.04. The molecule has 4 rings (SSSR count). The summed E-state index contributed by atoms with van der Waals surface area (Å²) in [5, 5.41) is 10.4. The number of aliphatic hydroxyl groups excluding tert-OH is 1. The van der Waals surface area contributed by atoms with Gasteiger partial charge in [0, 0.05) is 11.8 Å². The van der Waals surface area contributed by atoms with Crippen molar-refractivity contribution in [1.82, 2.24) is 4.90 Å². The van der Waals surface area contributed by atoms with Crippen LogP contribution in [-0.4, -0.2) is 54.1 Å². The molecule has 5 nitrogen and oxygen atoms in total. The van der Waals surface area contributed by atoms with E-state index in [1.807, 2.05) is 7.05 Å². The number of hydrogen-bond donors (Lipinski definition) is 1. The lowest BCUT2D eigenvalue weighted by atomic mass is 9.43. The standard InChI is InChI=1S/C28H47NO4/c1-6-7-14-29(5)17-25(32)33-24-16-28(4)22(18(2)30)10-11-23(28)21-9-8-19-15-20(31)12-13-27(19,3)26(21)24/h19-24,26,31H,6-17H2,1-5H3/t19-,20+,21-,22+,23-,24-,26+,27-,28+/m0/s1. The predicted molar refractivity (Wildman–Crippen MR) is 130 cm³/mol. The van der Waals surface area contributed by atoms with Crippen molar-refractivity contribution in [3.05, 3.63) is 0 Å². The molecule has 0 saturated heterocycles. The minimum Gasteiger partial charge on any atom is -0.461 e. The van der Waals surface area contributed by atoms with Gasteiger partial charge in [0.2, 0.25) is 0 Å². The van der Waals surface area contributed by atoms with Crippen molar-refractivity contribution in [3.63, 3.8) is 0 Å². The summed E-state index contributed by atoms with van der Waals surface area (Å²) in [6.45, 7) is 9.92. The summed E-state index contributed by atoms with van der Waals surface area (Å²) < 4.78 is 6.40. The van der Waals surface area contributed by atoms with Gasteiger partial charge in [0.25, 0.3) is 0 Å². The van der Waals surface area contributed by atoms with Gasteiger partial charge < -0.3 is 9.84 Å². The van der Waals surface area contributed by atoms with E-state index in [-0.39, 0.29) is 34.9 Å². The van der Waals surface area contributed by atoms with Crippen LogP contribution in [0.15, 0.2) is 0 Å². The zero-order chi connectivity index (χ0) is 24.0. The van der Waals surface area contributed by atoms with Crippen LogP contribution in [0.3, 0.4) is 0 Å². The van der Waals surface area contributed by atoms with Crippen molar-refractivity contribution in [1.29, 1.82) is 0 Å². The van der Waals surface area contributed by atoms with E-state index in [1.54, 1.807) is 6.92 Å². The van der Waals surface area contributed by atoms with Crippen LogP contribution >= 0.6 is 0 Å². The van der Waals surface area contributed by atoms with Gasteiger partial charge in [-0.3, -0.25) is 14.5 Å². The molecule has 0 aliphatic heterocycles. The first-order valence-corrected chi connectivity index (χ1v) is 13.7. The molecule has 4 aliphatic carbocycles. The lowest BCUT2D eigenvalue weighted by molar-refractivity contribution is -0.199. The van der Waals surface area contributed by atoms with E-state index in [2.05, 4.69) is 25.7 Å². The predicted octanol–water partition coefficient (Wildman–Crippen LogP) is 4.85. The van der Waals surface area contributed by atoms with Crippen LogP contribution in [0.5, 0.6) is 0 Å². The van der Waals surface area contributed by atoms with Crippen LogP contribution < -0.4 is 0 Å². The average Bonchev–Trinajstić information content (AvgIpc) is 3.09. The number of fused-ring (bicyclic) bond motifs is 5. The second-order valence-electron chi connectivity index (χ2n) is 12.6. The van der Waals surface area contributed by atoms with Crippen LogP contribution in [0.1, 0.15) is 91.9 Å². The molecular formula is C28H47NO4. The Balaban J connectivity index is 1.61. The van der Waals surface area contributed by atoms with Gasteiger partial charge in [-0.2, -0.15) is 0 Å². The fraction of sp³-hybridized carbons (Fsp3) is 0.929. The van der Waals surface area contributed by atoms with Gasteiger partial charge in [0.05, 0.1) is 12.6 Å². The molecule has 5 heteroatoms. The Morgan fingerprint density at radius 3 is 2.55 bits per heavy atom. The van der Waals surface area contributed by atoms with Gasteiger partial charge in [0.1, 0.15) is 11.9 Å². The Kier molecular flexibility index (Phi) is 7.32. The van der Waals surface area contributed by atoms with E-state index in [0.29, 0.717) is 36.0 Å². The Morgan fingerprint density at radius 2 is 1.85 bits per heavy atom. The van der Waals surface area contributed by atoms with E-state index in [0.717, 1.165) is 70.8 Å². The summed E-state index contributed by atoms with van der Waals surface area (Å²) in [6.07, 6.45) is 9.89. The Bertz CT molecular complexity index is 739. The SMILES string of the molecule is CCCCN(C)CC(=O)O[C@H]1C[C@]2(C)[C@@H](C(C)=O)CC[C@H]2[C@@H]2CC[C@H]3C[C@H](O)CC[C@]3(C)[C@H]21. The van der Waals surface area contributed by atoms with E-state index < -0.39 is 0 Å². The fourth-order valence-electron chi connectivity index (χ4n) is 9.04. The van der Waals surface area contributed by atoms with Crippen molar-refractivity contribution < 1.29 is 19.4 Å². The quantitative estimate of drug-likeness (QED) is 0.549. The molecule has 4 saturated carbocycles. The molecular weight excluding hydrogens is 414 g/mol. The first-order valence-electron chi connectivity index (χ1n) is 13.7. The Labute approximate surface area is 201 Å². The smallest absolute Gasteiger partial charge is 0.320 e. The van der Waals surface area contributed by atoms with Crippen molar-refractivity contribution in [2.75, 3.05) is 20.1 Å². The van der Waals surface area contributed by atoms with Gasteiger partial charge in [0.15, 0.2) is 0 Å². The minimum atomic E-state index is -0.185. The number of rotatable bonds is 7. The highest BCUT2D eigenvalue weighted by atomic mass is 16.5. The summed E-state index contributed by atoms with van der Waals surface area (Å²) in [4.78, 5) is 27.8. The summed E-state index contributed by atoms with van der Waals surface area (Å²) in [7, 11) is 2.00. The van der Waals surface area contributed by atoms with E-state index in [9.17, 15) is 14.7 Å². The number of likely N-dealkylation sites (N-methyl/N-ethyl adjacent to an activating group) is 1. The number of ether oxygens (including phenoxy) is 1. The molecule has 9 atom stereocenters. The van der Waals surface area contributed by atoms with Gasteiger partial charge in [-0.15, -0.1) is 0 Å². The molecule has 0 heterocycles. The molecule has 0 bridgehead atoms. The number of esters is 1. The van der Waals surface area contributed by atoms with Gasteiger partial charge in [-0.05, 0) is 107 Å². The lowest BCUT2D eigenvalue weighted by Gasteiger charge is -2.62. The van der Waals surface area contributed by atoms with Crippen LogP contribution in [0.25, 0.3) is 0 Å². The van der Waals surface area contributed by atoms with Gasteiger partial charge in [-0.25, -0.2) is 0 Å². The number of aliphatic hydroxyl groups is 1. The summed E-state index contributed by atoms with van der Waals surface area (Å²) >= 11 is 0. The molecule has 4 aliphatic rings. The largest absolute Gasteiger partial charge is 0.461 e. The highest BCUT2D eigenvalue weighted by Crippen LogP contribution is 2.68. The number of nitrogens with zero attached hydrogens (tertiary/aromatic N) is 1. The third kappa shape index (κ3) is 4.53. The molecule has 0 amide bonds. The maximum atomic E-state index is 13.1. The summed E-state index contributed by atoms with van der Waals surface area (Å²) in [5.41, 5.74) is 0.0419. The minimum absolute atomic E-state index is 0.0660. The third-order valence-corrected chi connectivity index (χ3v) is 10.6. The molecule has 33 heavy (non-hydrogen) atoms. The Hall–Kier alpha value is -0.940. The molecule has 0 aromatic rings. The van der Waals surface area contributed by atoms with Crippen molar-refractivity contribution in [3.8, 4) is 0 Å². The number of hydrogen-bond acceptors (Lipinski definition) is 5. The molecule has 1 N–H and O–H groups in total. The highest BCUT2D eigenvalue weighted by Gasteiger charge is 2.64. The van der Waals surface area contributed by atoms with Gasteiger partial charge in [-0.1, -0.05) is 27.2 Å². The van der Waals surface area contributed by atoms with Crippen molar-refractivity contribution >= 4 is 11.8 Å². The van der Waals surface area contributed by atoms with Crippen LogP contribution in [0.4, 0.5) is 0 Å². The number of carbonyl (C=O) groups is 2. The lowest BCUT2D eigenvalue weighted by Crippen LogP contribution is -2.60. The van der Waals surface area contributed by atoms with E-state index in [4.69, 9.17) is 4.74 Å². The summed E-state index contributed by atoms with van der Waals surface area (Å²) in [5.74, 6) is 2.20. The maximum absolute atomic E-state index is 13.1. The highest BCUT2D eigenvalue weighted by molar-refractivity contribution is 5.79. The second-order valence-corrected chi connectivity index (χ2v) is 12.6. The van der Waals surface area contributed by atoms with Crippen LogP contribution in [0.2, 0.25) is 0 Å². The number of ketones is 1. The zero-order valence-corrected chi connectivity index (χ0v) is 21.6. The molecule has 0 aromatic carbocycles. The van der Waals surface area contributed by atoms with Crippen molar-refractivity contribution in [2.45, 2.75) is 104 Å². The van der Waals surface area contributed by atoms with Crippen molar-refractivity contribution in [2.24, 2.45) is 40.4 Å². The van der Waals surface area contributed by atoms with Crippen LogP contribution in [-0.2, 0) is 14.3 Å². The average molecular weight is 462 g/mol. The molecule has 0 aromatic heterocycles. The normalized spacial score (nSPS) is 44.6. The maximum Gasteiger partial charge on any atom is 0.320 e. The number of carbonyl (C=O) groups excluding carboxylic acids is 2. The Morgan fingerprint density at radius 1 is 1.09 bits per heavy atom. The molecule has 0 unspecified atom stereocenters. The third-order valence-electron chi connectivity index (χ3n) is 10.6. The van der Waals surface area contributed by atoms with E-state index in [1.165, 1.54) is 0 Å². The summed E-state index contributed by atoms with van der Waals surface area (Å²) in [6, 6.07) is 0. The second kappa shape index (κ2) is 9.60. The number of unbranched alkanes of at least 4 members (excludes halogenated alkanes) is 1. The van der Waals surface area contributed by atoms with Crippen LogP contribution in [0, 0.1) is 40.4 Å².